The number of sulfone groups is 1. The van der Waals surface area contributed by atoms with Crippen molar-refractivity contribution in [1.82, 2.24) is 4.90 Å². The van der Waals surface area contributed by atoms with Gasteiger partial charge >= 0.3 is 5.97 Å². The van der Waals surface area contributed by atoms with Gasteiger partial charge in [-0.05, 0) is 26.3 Å². The van der Waals surface area contributed by atoms with Crippen LogP contribution < -0.4 is 0 Å². The fourth-order valence-electron chi connectivity index (χ4n) is 2.06. The highest BCUT2D eigenvalue weighted by atomic mass is 32.2. The third-order valence-electron chi connectivity index (χ3n) is 3.11. The molecule has 94 valence electrons. The summed E-state index contributed by atoms with van der Waals surface area (Å²) in [5, 5.41) is 8.89. The highest BCUT2D eigenvalue weighted by molar-refractivity contribution is 7.90. The molecule has 0 spiro atoms. The summed E-state index contributed by atoms with van der Waals surface area (Å²) in [6.07, 6.45) is 2.45. The minimum atomic E-state index is -2.93. The van der Waals surface area contributed by atoms with Crippen molar-refractivity contribution in [2.75, 3.05) is 25.1 Å². The van der Waals surface area contributed by atoms with Crippen LogP contribution in [-0.4, -0.2) is 55.5 Å². The quantitative estimate of drug-likeness (QED) is 0.771. The fourth-order valence-corrected chi connectivity index (χ4v) is 2.63. The first kappa shape index (κ1) is 13.4. The Labute approximate surface area is 96.4 Å². The minimum Gasteiger partial charge on any atom is -0.481 e. The molecule has 0 aromatic carbocycles. The van der Waals surface area contributed by atoms with Gasteiger partial charge < -0.3 is 5.11 Å². The Kier molecular flexibility index (Phi) is 4.32. The Morgan fingerprint density at radius 1 is 1.50 bits per heavy atom. The van der Waals surface area contributed by atoms with Crippen LogP contribution in [0.4, 0.5) is 0 Å². The van der Waals surface area contributed by atoms with Crippen molar-refractivity contribution < 1.29 is 18.3 Å². The first-order valence-corrected chi connectivity index (χ1v) is 7.50. The fraction of sp³-hybridized carbons (Fsp3) is 0.900. The van der Waals surface area contributed by atoms with Crippen LogP contribution in [0.25, 0.3) is 0 Å². The monoisotopic (exact) mass is 249 g/mol. The van der Waals surface area contributed by atoms with Crippen molar-refractivity contribution in [1.29, 1.82) is 0 Å². The Morgan fingerprint density at radius 2 is 2.12 bits per heavy atom. The molecule has 0 amide bonds. The van der Waals surface area contributed by atoms with Crippen molar-refractivity contribution in [3.63, 3.8) is 0 Å². The van der Waals surface area contributed by atoms with E-state index in [1.165, 1.54) is 6.26 Å². The molecule has 0 radical (unpaired) electrons. The number of aliphatic carboxylic acids is 1. The van der Waals surface area contributed by atoms with Crippen molar-refractivity contribution in [3.05, 3.63) is 0 Å². The number of likely N-dealkylation sites (tertiary alicyclic amines) is 1. The molecule has 6 heteroatoms. The van der Waals surface area contributed by atoms with Crippen molar-refractivity contribution >= 4 is 15.8 Å². The first-order valence-electron chi connectivity index (χ1n) is 5.44. The summed E-state index contributed by atoms with van der Waals surface area (Å²) >= 11 is 0. The normalized spacial score (nSPS) is 27.9. The molecule has 1 aliphatic rings. The van der Waals surface area contributed by atoms with Crippen LogP contribution in [0, 0.1) is 5.92 Å². The zero-order valence-electron chi connectivity index (χ0n) is 9.72. The molecule has 0 aromatic rings. The number of carbonyl (C=O) groups is 1. The van der Waals surface area contributed by atoms with Crippen molar-refractivity contribution in [2.45, 2.75) is 25.8 Å². The predicted octanol–water partition coefficient (Wildman–Crippen LogP) is 0.216. The second-order valence-corrected chi connectivity index (χ2v) is 6.83. The summed E-state index contributed by atoms with van der Waals surface area (Å²) in [5.74, 6) is -0.867. The van der Waals surface area contributed by atoms with E-state index in [-0.39, 0.29) is 17.7 Å². The number of nitrogens with zero attached hydrogens (tertiary/aromatic N) is 1. The number of hydrogen-bond acceptors (Lipinski definition) is 4. The number of carboxylic acids is 1. The SMILES string of the molecule is CC1CC(C(=O)O)CCN1CCS(C)(=O)=O. The Hall–Kier alpha value is -0.620. The molecule has 0 bridgehead atoms. The third kappa shape index (κ3) is 4.09. The standard InChI is InChI=1S/C10H19NO4S/c1-8-7-9(10(12)13)3-4-11(8)5-6-16(2,14)15/h8-9H,3-7H2,1-2H3,(H,12,13). The average molecular weight is 249 g/mol. The van der Waals surface area contributed by atoms with Gasteiger partial charge in [0.2, 0.25) is 0 Å². The maximum absolute atomic E-state index is 11.0. The Balaban J connectivity index is 2.45. The van der Waals surface area contributed by atoms with E-state index in [0.717, 1.165) is 0 Å². The number of hydrogen-bond donors (Lipinski definition) is 1. The lowest BCUT2D eigenvalue weighted by atomic mass is 9.92. The molecule has 16 heavy (non-hydrogen) atoms. The molecule has 1 rings (SSSR count). The van der Waals surface area contributed by atoms with Gasteiger partial charge in [-0.25, -0.2) is 8.42 Å². The topological polar surface area (TPSA) is 74.7 Å². The average Bonchev–Trinajstić information content (AvgIpc) is 2.14. The van der Waals surface area contributed by atoms with Gasteiger partial charge in [0.1, 0.15) is 9.84 Å². The summed E-state index contributed by atoms with van der Waals surface area (Å²) in [5.41, 5.74) is 0. The smallest absolute Gasteiger partial charge is 0.306 e. The molecule has 1 fully saturated rings. The third-order valence-corrected chi connectivity index (χ3v) is 4.04. The molecule has 0 aromatic heterocycles. The van der Waals surface area contributed by atoms with Gasteiger partial charge in [-0.1, -0.05) is 0 Å². The Bertz CT molecular complexity index is 352. The molecule has 1 saturated heterocycles. The van der Waals surface area contributed by atoms with Crippen LogP contribution in [0.1, 0.15) is 19.8 Å². The van der Waals surface area contributed by atoms with E-state index < -0.39 is 15.8 Å². The maximum Gasteiger partial charge on any atom is 0.306 e. The molecule has 5 nitrogen and oxygen atoms in total. The van der Waals surface area contributed by atoms with Crippen molar-refractivity contribution in [3.8, 4) is 0 Å². The van der Waals surface area contributed by atoms with Crippen LogP contribution >= 0.6 is 0 Å². The van der Waals surface area contributed by atoms with E-state index in [4.69, 9.17) is 5.11 Å². The summed E-state index contributed by atoms with van der Waals surface area (Å²) in [4.78, 5) is 12.9. The zero-order chi connectivity index (χ0) is 12.3. The van der Waals surface area contributed by atoms with Crippen LogP contribution in [0.2, 0.25) is 0 Å². The van der Waals surface area contributed by atoms with Gasteiger partial charge in [0.25, 0.3) is 0 Å². The highest BCUT2D eigenvalue weighted by Crippen LogP contribution is 2.22. The zero-order valence-corrected chi connectivity index (χ0v) is 10.5. The first-order chi connectivity index (χ1) is 7.29. The van der Waals surface area contributed by atoms with Crippen LogP contribution in [0.3, 0.4) is 0 Å². The maximum atomic E-state index is 11.0. The summed E-state index contributed by atoms with van der Waals surface area (Å²) in [7, 11) is -2.93. The van der Waals surface area contributed by atoms with Crippen molar-refractivity contribution in [2.24, 2.45) is 5.92 Å². The largest absolute Gasteiger partial charge is 0.481 e. The van der Waals surface area contributed by atoms with E-state index in [0.29, 0.717) is 25.9 Å². The lowest BCUT2D eigenvalue weighted by Gasteiger charge is -2.35. The van der Waals surface area contributed by atoms with E-state index in [1.54, 1.807) is 0 Å². The molecule has 2 atom stereocenters. The summed E-state index contributed by atoms with van der Waals surface area (Å²) in [6, 6.07) is 0.150. The molecule has 2 unspecified atom stereocenters. The lowest BCUT2D eigenvalue weighted by Crippen LogP contribution is -2.44. The van der Waals surface area contributed by atoms with Crippen LogP contribution in [-0.2, 0) is 14.6 Å². The predicted molar refractivity (Wildman–Crippen MR) is 61.1 cm³/mol. The van der Waals surface area contributed by atoms with Gasteiger partial charge in [0, 0.05) is 18.8 Å². The number of rotatable bonds is 4. The highest BCUT2D eigenvalue weighted by Gasteiger charge is 2.29. The minimum absolute atomic E-state index is 0.148. The number of carboxylic acid groups (broad SMARTS) is 1. The summed E-state index contributed by atoms with van der Waals surface area (Å²) < 4.78 is 22.1. The molecule has 1 N–H and O–H groups in total. The van der Waals surface area contributed by atoms with Gasteiger partial charge in [0.15, 0.2) is 0 Å². The van der Waals surface area contributed by atoms with E-state index in [9.17, 15) is 13.2 Å². The summed E-state index contributed by atoms with van der Waals surface area (Å²) in [6.45, 7) is 3.14. The van der Waals surface area contributed by atoms with Crippen LogP contribution in [0.15, 0.2) is 0 Å². The molecule has 0 aliphatic carbocycles. The van der Waals surface area contributed by atoms with E-state index >= 15 is 0 Å². The van der Waals surface area contributed by atoms with Gasteiger partial charge in [-0.3, -0.25) is 9.69 Å². The number of piperidine rings is 1. The molecular formula is C10H19NO4S. The lowest BCUT2D eigenvalue weighted by molar-refractivity contribution is -0.144. The van der Waals surface area contributed by atoms with Gasteiger partial charge in [-0.2, -0.15) is 0 Å². The van der Waals surface area contributed by atoms with Crippen LogP contribution in [0.5, 0.6) is 0 Å². The Morgan fingerprint density at radius 3 is 2.56 bits per heavy atom. The molecule has 1 heterocycles. The van der Waals surface area contributed by atoms with Gasteiger partial charge in [-0.15, -0.1) is 0 Å². The molecular weight excluding hydrogens is 230 g/mol. The second-order valence-electron chi connectivity index (χ2n) is 4.57. The van der Waals surface area contributed by atoms with E-state index in [1.807, 2.05) is 6.92 Å². The second kappa shape index (κ2) is 5.14. The van der Waals surface area contributed by atoms with Gasteiger partial charge in [0.05, 0.1) is 11.7 Å². The molecule has 0 saturated carbocycles. The van der Waals surface area contributed by atoms with E-state index in [2.05, 4.69) is 4.90 Å². The molecule has 1 aliphatic heterocycles.